The van der Waals surface area contributed by atoms with Gasteiger partial charge < -0.3 is 4.90 Å². The van der Waals surface area contributed by atoms with Gasteiger partial charge >= 0.3 is 0 Å². The molecule has 102 valence electrons. The molecule has 0 saturated heterocycles. The first-order valence-corrected chi connectivity index (χ1v) is 7.87. The van der Waals surface area contributed by atoms with Gasteiger partial charge in [0.15, 0.2) is 0 Å². The lowest BCUT2D eigenvalue weighted by atomic mass is 10.2. The molecule has 1 aliphatic heterocycles. The number of carbonyl (C=O) groups excluding carboxylic acids is 1. The average Bonchev–Trinajstić information content (AvgIpc) is 2.90. The molecule has 0 bridgehead atoms. The zero-order valence-corrected chi connectivity index (χ0v) is 12.5. The number of fused-ring (bicyclic) bond motifs is 1. The highest BCUT2D eigenvalue weighted by atomic mass is 35.5. The average molecular weight is 304 g/mol. The summed E-state index contributed by atoms with van der Waals surface area (Å²) in [6.45, 7) is 0.779. The lowest BCUT2D eigenvalue weighted by Crippen LogP contribution is -2.30. The Morgan fingerprint density at radius 3 is 2.75 bits per heavy atom. The molecular formula is C16H14ClNOS. The number of amides is 1. The van der Waals surface area contributed by atoms with E-state index in [1.54, 1.807) is 0 Å². The highest BCUT2D eigenvalue weighted by molar-refractivity contribution is 8.00. The molecule has 0 unspecified atom stereocenters. The molecule has 0 aliphatic carbocycles. The van der Waals surface area contributed by atoms with Gasteiger partial charge in [0, 0.05) is 17.1 Å². The van der Waals surface area contributed by atoms with Crippen LogP contribution in [0.5, 0.6) is 0 Å². The highest BCUT2D eigenvalue weighted by Crippen LogP contribution is 2.30. The van der Waals surface area contributed by atoms with Gasteiger partial charge in [-0.3, -0.25) is 4.79 Å². The van der Waals surface area contributed by atoms with E-state index in [1.807, 2.05) is 47.4 Å². The first-order valence-electron chi connectivity index (χ1n) is 6.51. The summed E-state index contributed by atoms with van der Waals surface area (Å²) >= 11 is 7.60. The third-order valence-electron chi connectivity index (χ3n) is 3.38. The summed E-state index contributed by atoms with van der Waals surface area (Å²) < 4.78 is 0. The van der Waals surface area contributed by atoms with Crippen molar-refractivity contribution in [1.82, 2.24) is 0 Å². The Morgan fingerprint density at radius 1 is 1.15 bits per heavy atom. The summed E-state index contributed by atoms with van der Waals surface area (Å²) in [4.78, 5) is 15.2. The second-order valence-electron chi connectivity index (χ2n) is 4.64. The van der Waals surface area contributed by atoms with Crippen LogP contribution in [-0.4, -0.2) is 18.2 Å². The Morgan fingerprint density at radius 2 is 1.90 bits per heavy atom. The number of thioether (sulfide) groups is 1. The van der Waals surface area contributed by atoms with Gasteiger partial charge in [-0.2, -0.15) is 0 Å². The lowest BCUT2D eigenvalue weighted by molar-refractivity contribution is -0.116. The first-order chi connectivity index (χ1) is 9.75. The fraction of sp³-hybridized carbons (Fsp3) is 0.188. The zero-order chi connectivity index (χ0) is 13.9. The third kappa shape index (κ3) is 2.69. The molecule has 1 aliphatic rings. The fourth-order valence-corrected chi connectivity index (χ4v) is 3.49. The smallest absolute Gasteiger partial charge is 0.237 e. The van der Waals surface area contributed by atoms with Crippen molar-refractivity contribution in [3.05, 3.63) is 59.1 Å². The van der Waals surface area contributed by atoms with Gasteiger partial charge in [-0.1, -0.05) is 41.9 Å². The van der Waals surface area contributed by atoms with Gasteiger partial charge in [0.2, 0.25) is 5.91 Å². The van der Waals surface area contributed by atoms with Gasteiger partial charge in [0.05, 0.1) is 10.8 Å². The maximum atomic E-state index is 12.4. The van der Waals surface area contributed by atoms with Crippen molar-refractivity contribution in [2.75, 3.05) is 17.2 Å². The Bertz CT molecular complexity index is 644. The molecule has 0 fully saturated rings. The second-order valence-corrected chi connectivity index (χ2v) is 6.07. The van der Waals surface area contributed by atoms with Gasteiger partial charge in [-0.15, -0.1) is 11.8 Å². The number of nitrogens with zero attached hydrogens (tertiary/aromatic N) is 1. The molecule has 0 saturated carbocycles. The first kappa shape index (κ1) is 13.5. The number of halogens is 1. The number of benzene rings is 2. The van der Waals surface area contributed by atoms with Gasteiger partial charge in [-0.05, 0) is 30.2 Å². The molecule has 2 aromatic rings. The number of hydrogen-bond acceptors (Lipinski definition) is 2. The summed E-state index contributed by atoms with van der Waals surface area (Å²) in [7, 11) is 0. The minimum absolute atomic E-state index is 0.139. The summed E-state index contributed by atoms with van der Waals surface area (Å²) in [6.07, 6.45) is 0.943. The van der Waals surface area contributed by atoms with Crippen LogP contribution in [-0.2, 0) is 11.2 Å². The van der Waals surface area contributed by atoms with Gasteiger partial charge in [-0.25, -0.2) is 0 Å². The monoisotopic (exact) mass is 303 g/mol. The van der Waals surface area contributed by atoms with Crippen LogP contribution in [0.2, 0.25) is 5.02 Å². The van der Waals surface area contributed by atoms with Crippen LogP contribution in [0.25, 0.3) is 0 Å². The van der Waals surface area contributed by atoms with Crippen LogP contribution in [0, 0.1) is 0 Å². The standard InChI is InChI=1S/C16H14ClNOS/c17-13-6-2-4-8-15(13)20-11-16(19)18-10-9-12-5-1-3-7-14(12)18/h1-8H,9-11H2. The van der Waals surface area contributed by atoms with E-state index < -0.39 is 0 Å². The maximum Gasteiger partial charge on any atom is 0.237 e. The number of para-hydroxylation sites is 1. The Hall–Kier alpha value is -1.45. The van der Waals surface area contributed by atoms with Gasteiger partial charge in [0.1, 0.15) is 0 Å². The largest absolute Gasteiger partial charge is 0.311 e. The molecule has 2 nitrogen and oxygen atoms in total. The Balaban J connectivity index is 1.68. The van der Waals surface area contributed by atoms with E-state index in [2.05, 4.69) is 6.07 Å². The van der Waals surface area contributed by atoms with Crippen molar-refractivity contribution >= 4 is 35.0 Å². The van der Waals surface area contributed by atoms with E-state index in [0.29, 0.717) is 10.8 Å². The Kier molecular flexibility index (Phi) is 3.99. The molecule has 0 atom stereocenters. The summed E-state index contributed by atoms with van der Waals surface area (Å²) in [5.74, 6) is 0.554. The Labute approximate surface area is 127 Å². The van der Waals surface area contributed by atoms with Crippen LogP contribution in [0.4, 0.5) is 5.69 Å². The highest BCUT2D eigenvalue weighted by Gasteiger charge is 2.23. The van der Waals surface area contributed by atoms with Crippen LogP contribution >= 0.6 is 23.4 Å². The van der Waals surface area contributed by atoms with E-state index in [0.717, 1.165) is 23.5 Å². The van der Waals surface area contributed by atoms with Crippen molar-refractivity contribution in [2.24, 2.45) is 0 Å². The normalized spacial score (nSPS) is 13.3. The third-order valence-corrected chi connectivity index (χ3v) is 4.88. The molecule has 0 aromatic heterocycles. The molecule has 0 spiro atoms. The fourth-order valence-electron chi connectivity index (χ4n) is 2.38. The molecule has 0 radical (unpaired) electrons. The topological polar surface area (TPSA) is 20.3 Å². The molecule has 1 amide bonds. The van der Waals surface area contributed by atoms with E-state index in [1.165, 1.54) is 17.3 Å². The number of carbonyl (C=O) groups is 1. The van der Waals surface area contributed by atoms with Gasteiger partial charge in [0.25, 0.3) is 0 Å². The quantitative estimate of drug-likeness (QED) is 0.798. The molecule has 0 N–H and O–H groups in total. The van der Waals surface area contributed by atoms with Crippen LogP contribution in [0.15, 0.2) is 53.4 Å². The molecule has 4 heteroatoms. The van der Waals surface area contributed by atoms with Crippen molar-refractivity contribution in [2.45, 2.75) is 11.3 Å². The van der Waals surface area contributed by atoms with E-state index >= 15 is 0 Å². The number of anilines is 1. The molecular weight excluding hydrogens is 290 g/mol. The predicted molar refractivity (Wildman–Crippen MR) is 84.7 cm³/mol. The van der Waals surface area contributed by atoms with Crippen molar-refractivity contribution < 1.29 is 4.79 Å². The van der Waals surface area contributed by atoms with E-state index in [-0.39, 0.29) is 5.91 Å². The minimum Gasteiger partial charge on any atom is -0.311 e. The van der Waals surface area contributed by atoms with Crippen molar-refractivity contribution in [3.8, 4) is 0 Å². The van der Waals surface area contributed by atoms with Crippen LogP contribution in [0.1, 0.15) is 5.56 Å². The molecule has 2 aromatic carbocycles. The molecule has 20 heavy (non-hydrogen) atoms. The van der Waals surface area contributed by atoms with Crippen molar-refractivity contribution in [3.63, 3.8) is 0 Å². The minimum atomic E-state index is 0.139. The number of rotatable bonds is 3. The summed E-state index contributed by atoms with van der Waals surface area (Å²) in [6, 6.07) is 15.7. The number of hydrogen-bond donors (Lipinski definition) is 0. The SMILES string of the molecule is O=C(CSc1ccccc1Cl)N1CCc2ccccc21. The summed E-state index contributed by atoms with van der Waals surface area (Å²) in [5.41, 5.74) is 2.31. The zero-order valence-electron chi connectivity index (χ0n) is 10.9. The molecule has 3 rings (SSSR count). The summed E-state index contributed by atoms with van der Waals surface area (Å²) in [5, 5.41) is 0.701. The van der Waals surface area contributed by atoms with Crippen LogP contribution < -0.4 is 4.90 Å². The maximum absolute atomic E-state index is 12.4. The van der Waals surface area contributed by atoms with E-state index in [9.17, 15) is 4.79 Å². The predicted octanol–water partition coefficient (Wildman–Crippen LogP) is 4.02. The van der Waals surface area contributed by atoms with Crippen molar-refractivity contribution in [1.29, 1.82) is 0 Å². The second kappa shape index (κ2) is 5.90. The lowest BCUT2D eigenvalue weighted by Gasteiger charge is -2.17. The van der Waals surface area contributed by atoms with E-state index in [4.69, 9.17) is 11.6 Å². The van der Waals surface area contributed by atoms with Crippen LogP contribution in [0.3, 0.4) is 0 Å². The molecule has 1 heterocycles.